The predicted octanol–water partition coefficient (Wildman–Crippen LogP) is 2.90. The van der Waals surface area contributed by atoms with Gasteiger partial charge in [-0.1, -0.05) is 32.9 Å². The molecule has 4 rings (SSSR count). The summed E-state index contributed by atoms with van der Waals surface area (Å²) in [6.45, 7) is 7.17. The number of hydrogen-bond donors (Lipinski definition) is 1. The Morgan fingerprint density at radius 2 is 1.80 bits per heavy atom. The first-order chi connectivity index (χ1) is 14.1. The molecule has 8 heteroatoms. The van der Waals surface area contributed by atoms with Gasteiger partial charge in [-0.3, -0.25) is 4.79 Å². The van der Waals surface area contributed by atoms with E-state index in [-0.39, 0.29) is 22.8 Å². The van der Waals surface area contributed by atoms with Crippen LogP contribution in [0.15, 0.2) is 47.5 Å². The second-order valence-corrected chi connectivity index (χ2v) is 10.5. The van der Waals surface area contributed by atoms with Gasteiger partial charge in [0.2, 0.25) is 10.0 Å². The van der Waals surface area contributed by atoms with Crippen LogP contribution in [0.5, 0.6) is 0 Å². The molecule has 158 valence electrons. The molecule has 1 aromatic carbocycles. The van der Waals surface area contributed by atoms with E-state index in [2.05, 4.69) is 31.1 Å². The summed E-state index contributed by atoms with van der Waals surface area (Å²) in [6, 6.07) is 10.7. The van der Waals surface area contributed by atoms with E-state index in [0.29, 0.717) is 30.0 Å². The van der Waals surface area contributed by atoms with E-state index in [1.54, 1.807) is 31.4 Å². The number of fused-ring (bicyclic) bond motifs is 3. The quantitative estimate of drug-likeness (QED) is 0.698. The van der Waals surface area contributed by atoms with Crippen molar-refractivity contribution in [1.82, 2.24) is 19.2 Å². The first-order valence-electron chi connectivity index (χ1n) is 9.93. The maximum absolute atomic E-state index is 13.3. The van der Waals surface area contributed by atoms with Crippen molar-refractivity contribution < 1.29 is 13.2 Å². The Morgan fingerprint density at radius 3 is 2.43 bits per heavy atom. The number of carbonyl (C=O) groups excluding carboxylic acids is 1. The van der Waals surface area contributed by atoms with Gasteiger partial charge in [0.25, 0.3) is 5.91 Å². The summed E-state index contributed by atoms with van der Waals surface area (Å²) in [7, 11) is -2.11. The molecule has 30 heavy (non-hydrogen) atoms. The number of rotatable bonds is 3. The van der Waals surface area contributed by atoms with Crippen LogP contribution < -0.4 is 5.32 Å². The summed E-state index contributed by atoms with van der Waals surface area (Å²) in [5.74, 6) is -0.240. The van der Waals surface area contributed by atoms with Crippen LogP contribution in [-0.2, 0) is 28.5 Å². The molecule has 0 atom stereocenters. The van der Waals surface area contributed by atoms with E-state index in [1.165, 1.54) is 4.31 Å². The van der Waals surface area contributed by atoms with Crippen LogP contribution in [0.3, 0.4) is 0 Å². The SMILES string of the molecule is CNC(=O)c1c2n(c3ncccc13)CCN(S(=O)(=O)c1ccc(C(C)(C)C)cc1)C2. The Hall–Kier alpha value is -2.71. The van der Waals surface area contributed by atoms with Crippen LogP contribution in [-0.4, -0.2) is 41.8 Å². The maximum atomic E-state index is 13.3. The Morgan fingerprint density at radius 1 is 1.10 bits per heavy atom. The summed E-state index contributed by atoms with van der Waals surface area (Å²) >= 11 is 0. The zero-order valence-electron chi connectivity index (χ0n) is 17.6. The third-order valence-corrected chi connectivity index (χ3v) is 7.50. The standard InChI is InChI=1S/C22H26N4O3S/c1-22(2,3)15-7-9-16(10-8-15)30(28,29)25-12-13-26-18(14-25)19(21(27)23-4)17-6-5-11-24-20(17)26/h5-11H,12-14H2,1-4H3,(H,23,27). The lowest BCUT2D eigenvalue weighted by molar-refractivity contribution is 0.0962. The summed E-state index contributed by atoms with van der Waals surface area (Å²) < 4.78 is 30.0. The molecule has 0 spiro atoms. The Labute approximate surface area is 176 Å². The molecule has 1 N–H and O–H groups in total. The van der Waals surface area contributed by atoms with Crippen molar-refractivity contribution in [2.75, 3.05) is 13.6 Å². The number of carbonyl (C=O) groups is 1. The van der Waals surface area contributed by atoms with Crippen molar-refractivity contribution in [2.24, 2.45) is 0 Å². The van der Waals surface area contributed by atoms with E-state index < -0.39 is 10.0 Å². The number of benzene rings is 1. The van der Waals surface area contributed by atoms with Gasteiger partial charge in [0, 0.05) is 37.4 Å². The Balaban J connectivity index is 1.74. The first kappa shape index (κ1) is 20.6. The molecule has 0 aliphatic carbocycles. The van der Waals surface area contributed by atoms with Gasteiger partial charge < -0.3 is 9.88 Å². The molecule has 2 aromatic heterocycles. The summed E-state index contributed by atoms with van der Waals surface area (Å²) in [5, 5.41) is 3.40. The molecule has 0 bridgehead atoms. The van der Waals surface area contributed by atoms with Crippen LogP contribution in [0.1, 0.15) is 42.4 Å². The molecule has 0 saturated carbocycles. The molecule has 1 aliphatic heterocycles. The Kier molecular flexibility index (Phi) is 4.94. The van der Waals surface area contributed by atoms with Gasteiger partial charge in [-0.2, -0.15) is 4.31 Å². The average molecular weight is 427 g/mol. The number of hydrogen-bond acceptors (Lipinski definition) is 4. The van der Waals surface area contributed by atoms with Gasteiger partial charge in [0.15, 0.2) is 0 Å². The zero-order valence-corrected chi connectivity index (χ0v) is 18.5. The minimum absolute atomic E-state index is 0.0518. The van der Waals surface area contributed by atoms with Crippen molar-refractivity contribution in [3.05, 3.63) is 59.4 Å². The monoisotopic (exact) mass is 426 g/mol. The molecule has 1 amide bonds. The topological polar surface area (TPSA) is 84.3 Å². The number of nitrogens with zero attached hydrogens (tertiary/aromatic N) is 3. The lowest BCUT2D eigenvalue weighted by atomic mass is 9.87. The molecule has 0 fully saturated rings. The minimum atomic E-state index is -3.69. The fraction of sp³-hybridized carbons (Fsp3) is 0.364. The van der Waals surface area contributed by atoms with Crippen LogP contribution in [0.25, 0.3) is 11.0 Å². The zero-order chi connectivity index (χ0) is 21.7. The summed E-state index contributed by atoms with van der Waals surface area (Å²) in [4.78, 5) is 17.3. The van der Waals surface area contributed by atoms with E-state index in [4.69, 9.17) is 0 Å². The summed E-state index contributed by atoms with van der Waals surface area (Å²) in [6.07, 6.45) is 1.68. The van der Waals surface area contributed by atoms with Crippen LogP contribution in [0.4, 0.5) is 0 Å². The fourth-order valence-corrected chi connectivity index (χ4v) is 5.34. The van der Waals surface area contributed by atoms with Gasteiger partial charge in [0.05, 0.1) is 17.0 Å². The van der Waals surface area contributed by atoms with Crippen molar-refractivity contribution >= 4 is 27.0 Å². The van der Waals surface area contributed by atoms with Crippen LogP contribution in [0, 0.1) is 0 Å². The highest BCUT2D eigenvalue weighted by atomic mass is 32.2. The molecule has 3 aromatic rings. The lowest BCUT2D eigenvalue weighted by Gasteiger charge is -2.29. The highest BCUT2D eigenvalue weighted by Gasteiger charge is 2.33. The number of nitrogens with one attached hydrogen (secondary N) is 1. The van der Waals surface area contributed by atoms with Crippen molar-refractivity contribution in [2.45, 2.75) is 44.2 Å². The summed E-state index contributed by atoms with van der Waals surface area (Å²) in [5.41, 5.74) is 2.89. The molecule has 0 saturated heterocycles. The largest absolute Gasteiger partial charge is 0.355 e. The maximum Gasteiger partial charge on any atom is 0.253 e. The fourth-order valence-electron chi connectivity index (χ4n) is 3.95. The van der Waals surface area contributed by atoms with Gasteiger partial charge in [-0.25, -0.2) is 13.4 Å². The van der Waals surface area contributed by atoms with Crippen molar-refractivity contribution in [1.29, 1.82) is 0 Å². The van der Waals surface area contributed by atoms with Gasteiger partial charge in [0.1, 0.15) is 5.65 Å². The van der Waals surface area contributed by atoms with Crippen LogP contribution in [0.2, 0.25) is 0 Å². The lowest BCUT2D eigenvalue weighted by Crippen LogP contribution is -2.39. The molecular formula is C22H26N4O3S. The number of pyridine rings is 1. The smallest absolute Gasteiger partial charge is 0.253 e. The van der Waals surface area contributed by atoms with Crippen molar-refractivity contribution in [3.63, 3.8) is 0 Å². The van der Waals surface area contributed by atoms with Gasteiger partial charge in [-0.05, 0) is 35.2 Å². The van der Waals surface area contributed by atoms with Crippen LogP contribution >= 0.6 is 0 Å². The second kappa shape index (κ2) is 7.21. The third-order valence-electron chi connectivity index (χ3n) is 5.64. The molecule has 7 nitrogen and oxygen atoms in total. The van der Waals surface area contributed by atoms with E-state index in [0.717, 1.165) is 10.9 Å². The van der Waals surface area contributed by atoms with E-state index >= 15 is 0 Å². The highest BCUT2D eigenvalue weighted by molar-refractivity contribution is 7.89. The first-order valence-corrected chi connectivity index (χ1v) is 11.4. The van der Waals surface area contributed by atoms with Crippen molar-refractivity contribution in [3.8, 4) is 0 Å². The molecule has 0 radical (unpaired) electrons. The second-order valence-electron chi connectivity index (χ2n) is 8.54. The normalized spacial score (nSPS) is 15.2. The molecule has 1 aliphatic rings. The molecule has 3 heterocycles. The van der Waals surface area contributed by atoms with E-state index in [1.807, 2.05) is 22.8 Å². The highest BCUT2D eigenvalue weighted by Crippen LogP contribution is 2.31. The average Bonchev–Trinajstić information content (AvgIpc) is 3.06. The molecular weight excluding hydrogens is 400 g/mol. The number of aromatic nitrogens is 2. The van der Waals surface area contributed by atoms with E-state index in [9.17, 15) is 13.2 Å². The molecule has 0 unspecified atom stereocenters. The minimum Gasteiger partial charge on any atom is -0.355 e. The number of sulfonamides is 1. The third kappa shape index (κ3) is 3.30. The van der Waals surface area contributed by atoms with Gasteiger partial charge >= 0.3 is 0 Å². The van der Waals surface area contributed by atoms with Gasteiger partial charge in [-0.15, -0.1) is 0 Å². The predicted molar refractivity (Wildman–Crippen MR) is 116 cm³/mol. The number of amides is 1. The Bertz CT molecular complexity index is 1220.